The summed E-state index contributed by atoms with van der Waals surface area (Å²) < 4.78 is 1.72. The van der Waals surface area contributed by atoms with Crippen molar-refractivity contribution < 1.29 is 9.59 Å². The highest BCUT2D eigenvalue weighted by Crippen LogP contribution is 2.27. The molecule has 0 unspecified atom stereocenters. The van der Waals surface area contributed by atoms with Gasteiger partial charge in [0, 0.05) is 23.2 Å². The van der Waals surface area contributed by atoms with Crippen LogP contribution in [-0.4, -0.2) is 48.5 Å². The van der Waals surface area contributed by atoms with Crippen molar-refractivity contribution in [2.45, 2.75) is 19.8 Å². The minimum absolute atomic E-state index is 0.0167. The molecule has 0 radical (unpaired) electrons. The number of rotatable bonds is 7. The van der Waals surface area contributed by atoms with E-state index >= 15 is 0 Å². The van der Waals surface area contributed by atoms with Crippen molar-refractivity contribution in [1.82, 2.24) is 14.8 Å². The molecule has 5 heteroatoms. The number of para-hydroxylation sites is 1. The number of benzene rings is 2. The molecule has 1 heterocycles. The van der Waals surface area contributed by atoms with Crippen LogP contribution >= 0.6 is 0 Å². The maximum Gasteiger partial charge on any atom is 0.262 e. The fraction of sp³-hybridized carbons (Fsp3) is 0.304. The zero-order valence-electron chi connectivity index (χ0n) is 16.7. The van der Waals surface area contributed by atoms with Gasteiger partial charge in [0.2, 0.25) is 5.91 Å². The highest BCUT2D eigenvalue weighted by Gasteiger charge is 2.20. The lowest BCUT2D eigenvalue weighted by Gasteiger charge is -2.10. The molecule has 3 aromatic rings. The molecule has 0 aliphatic rings. The summed E-state index contributed by atoms with van der Waals surface area (Å²) in [7, 11) is 4.04. The summed E-state index contributed by atoms with van der Waals surface area (Å²) >= 11 is 0. The number of hydrogen-bond donors (Lipinski definition) is 1. The van der Waals surface area contributed by atoms with Gasteiger partial charge in [-0.25, -0.2) is 0 Å². The number of amides is 1. The van der Waals surface area contributed by atoms with Crippen molar-refractivity contribution in [3.8, 4) is 0 Å². The number of aromatic nitrogens is 1. The van der Waals surface area contributed by atoms with Gasteiger partial charge in [-0.1, -0.05) is 36.4 Å². The number of nitrogens with one attached hydrogen (secondary N) is 1. The molecule has 0 bridgehead atoms. The monoisotopic (exact) mass is 377 g/mol. The predicted octanol–water partition coefficient (Wildman–Crippen LogP) is 3.25. The zero-order chi connectivity index (χ0) is 20.1. The Morgan fingerprint density at radius 1 is 1.00 bits per heavy atom. The number of carbonyl (C=O) groups excluding carboxylic acids is 2. The van der Waals surface area contributed by atoms with Crippen molar-refractivity contribution >= 4 is 22.7 Å². The van der Waals surface area contributed by atoms with Crippen LogP contribution in [0.4, 0.5) is 0 Å². The summed E-state index contributed by atoms with van der Waals surface area (Å²) in [4.78, 5) is 27.7. The molecule has 1 aromatic heterocycles. The molecule has 0 saturated heterocycles. The van der Waals surface area contributed by atoms with E-state index in [2.05, 4.69) is 10.2 Å². The first kappa shape index (κ1) is 19.8. The van der Waals surface area contributed by atoms with Crippen molar-refractivity contribution in [2.75, 3.05) is 27.2 Å². The second-order valence-electron chi connectivity index (χ2n) is 7.27. The molecule has 28 heavy (non-hydrogen) atoms. The number of hydrogen-bond acceptors (Lipinski definition) is 3. The Morgan fingerprint density at radius 2 is 1.68 bits per heavy atom. The Balaban J connectivity index is 1.87. The molecule has 0 fully saturated rings. The predicted molar refractivity (Wildman–Crippen MR) is 113 cm³/mol. The van der Waals surface area contributed by atoms with Gasteiger partial charge in [0.1, 0.15) is 0 Å². The first-order valence-corrected chi connectivity index (χ1v) is 9.59. The van der Waals surface area contributed by atoms with Crippen LogP contribution in [0.25, 0.3) is 10.9 Å². The van der Waals surface area contributed by atoms with Crippen LogP contribution in [0.5, 0.6) is 0 Å². The van der Waals surface area contributed by atoms with E-state index in [1.165, 1.54) is 0 Å². The van der Waals surface area contributed by atoms with Gasteiger partial charge in [0.15, 0.2) is 0 Å². The summed E-state index contributed by atoms with van der Waals surface area (Å²) in [6, 6.07) is 17.0. The van der Waals surface area contributed by atoms with Crippen LogP contribution in [-0.2, 0) is 11.2 Å². The van der Waals surface area contributed by atoms with E-state index in [0.29, 0.717) is 12.1 Å². The second kappa shape index (κ2) is 8.85. The van der Waals surface area contributed by atoms with Gasteiger partial charge in [-0.05, 0) is 57.7 Å². The Hall–Kier alpha value is -2.92. The summed E-state index contributed by atoms with van der Waals surface area (Å²) in [6.45, 7) is 3.50. The zero-order valence-corrected chi connectivity index (χ0v) is 16.7. The minimum atomic E-state index is -0.0769. The smallest absolute Gasteiger partial charge is 0.262 e. The Bertz CT molecular complexity index is 974. The van der Waals surface area contributed by atoms with E-state index in [-0.39, 0.29) is 18.2 Å². The average molecular weight is 377 g/mol. The van der Waals surface area contributed by atoms with Crippen molar-refractivity contribution in [3.05, 3.63) is 71.4 Å². The lowest BCUT2D eigenvalue weighted by Crippen LogP contribution is -2.28. The number of carbonyl (C=O) groups is 2. The van der Waals surface area contributed by atoms with Crippen LogP contribution in [0.2, 0.25) is 0 Å². The summed E-state index contributed by atoms with van der Waals surface area (Å²) in [6.07, 6.45) is 1.18. The lowest BCUT2D eigenvalue weighted by atomic mass is 10.1. The highest BCUT2D eigenvalue weighted by molar-refractivity contribution is 6.04. The van der Waals surface area contributed by atoms with E-state index in [1.807, 2.05) is 75.6 Å². The molecular formula is C23H27N3O2. The maximum atomic E-state index is 13.1. The Labute approximate surface area is 166 Å². The molecule has 1 amide bonds. The van der Waals surface area contributed by atoms with Crippen LogP contribution in [0.15, 0.2) is 54.6 Å². The van der Waals surface area contributed by atoms with Crippen molar-refractivity contribution in [3.63, 3.8) is 0 Å². The van der Waals surface area contributed by atoms with E-state index in [0.717, 1.165) is 35.1 Å². The molecule has 5 nitrogen and oxygen atoms in total. The Kier molecular flexibility index (Phi) is 6.26. The van der Waals surface area contributed by atoms with Gasteiger partial charge in [0.05, 0.1) is 11.9 Å². The molecule has 146 valence electrons. The fourth-order valence-corrected chi connectivity index (χ4v) is 3.48. The van der Waals surface area contributed by atoms with Crippen LogP contribution in [0.1, 0.15) is 28.0 Å². The van der Waals surface area contributed by atoms with E-state index < -0.39 is 0 Å². The third kappa shape index (κ3) is 4.31. The first-order chi connectivity index (χ1) is 13.5. The fourth-order valence-electron chi connectivity index (χ4n) is 3.48. The van der Waals surface area contributed by atoms with Gasteiger partial charge >= 0.3 is 0 Å². The van der Waals surface area contributed by atoms with Gasteiger partial charge in [-0.15, -0.1) is 0 Å². The molecule has 0 saturated carbocycles. The van der Waals surface area contributed by atoms with Crippen molar-refractivity contribution in [2.24, 2.45) is 0 Å². The summed E-state index contributed by atoms with van der Waals surface area (Å²) in [5, 5.41) is 3.94. The first-order valence-electron chi connectivity index (χ1n) is 9.59. The SMILES string of the molecule is Cc1c(CC(=O)NCCCN(C)C)c2ccccc2n1C(=O)c1ccccc1. The van der Waals surface area contributed by atoms with Crippen molar-refractivity contribution in [1.29, 1.82) is 0 Å². The maximum absolute atomic E-state index is 13.1. The molecule has 3 rings (SSSR count). The van der Waals surface area contributed by atoms with E-state index in [1.54, 1.807) is 4.57 Å². The van der Waals surface area contributed by atoms with Gasteiger partial charge in [-0.2, -0.15) is 0 Å². The molecule has 0 spiro atoms. The van der Waals surface area contributed by atoms with Crippen LogP contribution < -0.4 is 5.32 Å². The van der Waals surface area contributed by atoms with Crippen LogP contribution in [0, 0.1) is 6.92 Å². The third-order valence-corrected chi connectivity index (χ3v) is 4.91. The molecule has 1 N–H and O–H groups in total. The van der Waals surface area contributed by atoms with Crippen LogP contribution in [0.3, 0.4) is 0 Å². The molecule has 2 aromatic carbocycles. The average Bonchev–Trinajstić information content (AvgIpc) is 2.97. The second-order valence-corrected chi connectivity index (χ2v) is 7.27. The standard InChI is InChI=1S/C23H27N3O2/c1-17-20(16-22(27)24-14-9-15-25(2)3)19-12-7-8-13-21(19)26(17)23(28)18-10-5-4-6-11-18/h4-8,10-13H,9,14-16H2,1-3H3,(H,24,27). The highest BCUT2D eigenvalue weighted by atomic mass is 16.2. The molecule has 0 aliphatic heterocycles. The number of fused-ring (bicyclic) bond motifs is 1. The molecule has 0 atom stereocenters. The quantitative estimate of drug-likeness (QED) is 0.643. The lowest BCUT2D eigenvalue weighted by molar-refractivity contribution is -0.120. The Morgan fingerprint density at radius 3 is 2.39 bits per heavy atom. The normalized spacial score (nSPS) is 11.1. The van der Waals surface area contributed by atoms with Gasteiger partial charge in [0.25, 0.3) is 5.91 Å². The summed E-state index contributed by atoms with van der Waals surface area (Å²) in [5.41, 5.74) is 3.19. The topological polar surface area (TPSA) is 54.3 Å². The molecular weight excluding hydrogens is 350 g/mol. The molecule has 0 aliphatic carbocycles. The van der Waals surface area contributed by atoms with Gasteiger partial charge in [-0.3, -0.25) is 14.2 Å². The van der Waals surface area contributed by atoms with E-state index in [9.17, 15) is 9.59 Å². The van der Waals surface area contributed by atoms with E-state index in [4.69, 9.17) is 0 Å². The largest absolute Gasteiger partial charge is 0.356 e. The van der Waals surface area contributed by atoms with Gasteiger partial charge < -0.3 is 10.2 Å². The third-order valence-electron chi connectivity index (χ3n) is 4.91. The number of nitrogens with zero attached hydrogens (tertiary/aromatic N) is 2. The minimum Gasteiger partial charge on any atom is -0.356 e. The summed E-state index contributed by atoms with van der Waals surface area (Å²) in [5.74, 6) is -0.0936.